The molecule has 6 heteroatoms. The number of phenols is 3. The molecule has 1 heterocycles. The first-order valence-corrected chi connectivity index (χ1v) is 17.9. The van der Waals surface area contributed by atoms with E-state index in [0.29, 0.717) is 11.0 Å². The predicted octanol–water partition coefficient (Wildman–Crippen LogP) is 10.2. The Morgan fingerprint density at radius 3 is 2.46 bits per heavy atom. The molecule has 0 saturated heterocycles. The molecule has 0 bridgehead atoms. The highest BCUT2D eigenvalue weighted by Crippen LogP contribution is 2.60. The summed E-state index contributed by atoms with van der Waals surface area (Å²) >= 11 is 0. The van der Waals surface area contributed by atoms with E-state index in [9.17, 15) is 25.2 Å². The number of aliphatic hydroxyl groups excluding tert-OH is 1. The number of aliphatic hydroxyl groups is 1. The standard InChI is InChI=1S/C27H44O.C15H10O5/c1-19(2)8-6-9-21(4)25-15-16-26-22(10-7-17-27(25,26)5)12-13-23-18-24(28)14-11-20(23)3;16-9-3-1-8(2-4-9)11-7-20-13-6-10(17)5-12(18)14(13)15(11)19/h12-13,19,21,24-26,28H,3,6-11,14-18H2,1-2,4-5H3;1-7,16-18H/b22-12+,23-13-;/t21-,24+,25-,26+,27-;/m1./s1. The van der Waals surface area contributed by atoms with Crippen LogP contribution < -0.4 is 5.43 Å². The normalized spacial score (nSPS) is 26.5. The Hall–Kier alpha value is -3.77. The van der Waals surface area contributed by atoms with Crippen LogP contribution in [0.1, 0.15) is 98.3 Å². The lowest BCUT2D eigenvalue weighted by molar-refractivity contribution is 0.0928. The Kier molecular flexibility index (Phi) is 11.2. The van der Waals surface area contributed by atoms with Crippen LogP contribution in [0.15, 0.2) is 87.3 Å². The molecular weight excluding hydrogens is 600 g/mol. The molecular formula is C42H54O6. The van der Waals surface area contributed by atoms with Crippen LogP contribution in [0.3, 0.4) is 0 Å². The third kappa shape index (κ3) is 7.92. The van der Waals surface area contributed by atoms with Crippen LogP contribution in [0, 0.1) is 29.1 Å². The number of rotatable bonds is 7. The molecule has 3 fully saturated rings. The summed E-state index contributed by atoms with van der Waals surface area (Å²) in [6.07, 6.45) is 19.5. The summed E-state index contributed by atoms with van der Waals surface area (Å²) < 4.78 is 5.29. The van der Waals surface area contributed by atoms with Gasteiger partial charge in [-0.1, -0.05) is 89.0 Å². The van der Waals surface area contributed by atoms with Crippen molar-refractivity contribution in [1.82, 2.24) is 0 Å². The number of phenolic OH excluding ortho intramolecular Hbond substituents is 3. The summed E-state index contributed by atoms with van der Waals surface area (Å²) in [4.78, 5) is 12.4. The number of hydrogen-bond acceptors (Lipinski definition) is 6. The van der Waals surface area contributed by atoms with Crippen LogP contribution >= 0.6 is 0 Å². The van der Waals surface area contributed by atoms with Gasteiger partial charge in [-0.05, 0) is 104 Å². The highest BCUT2D eigenvalue weighted by Gasteiger charge is 2.50. The van der Waals surface area contributed by atoms with Gasteiger partial charge in [0, 0.05) is 12.1 Å². The van der Waals surface area contributed by atoms with Crippen molar-refractivity contribution in [3.63, 3.8) is 0 Å². The molecule has 5 atom stereocenters. The molecule has 0 aliphatic heterocycles. The molecule has 3 aromatic rings. The minimum Gasteiger partial charge on any atom is -0.508 e. The van der Waals surface area contributed by atoms with Gasteiger partial charge < -0.3 is 24.8 Å². The summed E-state index contributed by atoms with van der Waals surface area (Å²) in [7, 11) is 0. The maximum Gasteiger partial charge on any atom is 0.204 e. The quantitative estimate of drug-likeness (QED) is 0.202. The summed E-state index contributed by atoms with van der Waals surface area (Å²) in [5, 5.41) is 38.4. The zero-order chi connectivity index (χ0) is 34.6. The smallest absolute Gasteiger partial charge is 0.204 e. The lowest BCUT2D eigenvalue weighted by Crippen LogP contribution is -2.36. The molecule has 3 aliphatic rings. The largest absolute Gasteiger partial charge is 0.508 e. The molecule has 3 aliphatic carbocycles. The van der Waals surface area contributed by atoms with Gasteiger partial charge in [-0.3, -0.25) is 4.79 Å². The van der Waals surface area contributed by atoms with E-state index in [1.807, 2.05) is 0 Å². The van der Waals surface area contributed by atoms with E-state index in [2.05, 4.69) is 46.4 Å². The number of aromatic hydroxyl groups is 3. The van der Waals surface area contributed by atoms with Crippen molar-refractivity contribution in [1.29, 1.82) is 0 Å². The minimum absolute atomic E-state index is 0.00775. The van der Waals surface area contributed by atoms with Crippen LogP contribution in [0.5, 0.6) is 17.2 Å². The second kappa shape index (κ2) is 15.2. The zero-order valence-electron chi connectivity index (χ0n) is 29.2. The van der Waals surface area contributed by atoms with Crippen molar-refractivity contribution in [2.75, 3.05) is 0 Å². The van der Waals surface area contributed by atoms with Crippen molar-refractivity contribution in [2.45, 2.75) is 104 Å². The van der Waals surface area contributed by atoms with Gasteiger partial charge in [-0.2, -0.15) is 0 Å². The first-order valence-electron chi connectivity index (χ1n) is 17.9. The summed E-state index contributed by atoms with van der Waals surface area (Å²) in [6.45, 7) is 14.1. The second-order valence-corrected chi connectivity index (χ2v) is 15.2. The van der Waals surface area contributed by atoms with Gasteiger partial charge in [0.25, 0.3) is 0 Å². The highest BCUT2D eigenvalue weighted by molar-refractivity contribution is 5.88. The molecule has 6 nitrogen and oxygen atoms in total. The van der Waals surface area contributed by atoms with Crippen molar-refractivity contribution in [2.24, 2.45) is 29.1 Å². The highest BCUT2D eigenvalue weighted by atomic mass is 16.3. The number of fused-ring (bicyclic) bond motifs is 2. The summed E-state index contributed by atoms with van der Waals surface area (Å²) in [6, 6.07) is 8.40. The Morgan fingerprint density at radius 2 is 1.73 bits per heavy atom. The maximum atomic E-state index is 12.4. The Balaban J connectivity index is 0.000000198. The average Bonchev–Trinajstić information content (AvgIpc) is 3.39. The van der Waals surface area contributed by atoms with E-state index >= 15 is 0 Å². The Morgan fingerprint density at radius 1 is 0.979 bits per heavy atom. The van der Waals surface area contributed by atoms with Crippen LogP contribution in [-0.2, 0) is 0 Å². The van der Waals surface area contributed by atoms with Crippen molar-refractivity contribution < 1.29 is 24.8 Å². The lowest BCUT2D eigenvalue weighted by Gasteiger charge is -2.44. The van der Waals surface area contributed by atoms with Crippen molar-refractivity contribution >= 4 is 11.0 Å². The lowest BCUT2D eigenvalue weighted by atomic mass is 9.60. The number of hydrogen-bond donors (Lipinski definition) is 4. The van der Waals surface area contributed by atoms with Crippen molar-refractivity contribution in [3.05, 3.63) is 88.3 Å². The molecule has 3 saturated carbocycles. The van der Waals surface area contributed by atoms with Gasteiger partial charge >= 0.3 is 0 Å². The van der Waals surface area contributed by atoms with Gasteiger partial charge in [-0.15, -0.1) is 0 Å². The Bertz CT molecular complexity index is 1710. The fourth-order valence-electron chi connectivity index (χ4n) is 8.72. The summed E-state index contributed by atoms with van der Waals surface area (Å²) in [5.74, 6) is 2.94. The predicted molar refractivity (Wildman–Crippen MR) is 194 cm³/mol. The van der Waals surface area contributed by atoms with Crippen LogP contribution in [0.25, 0.3) is 22.1 Å². The van der Waals surface area contributed by atoms with E-state index < -0.39 is 5.43 Å². The number of allylic oxidation sites excluding steroid dienone is 4. The fourth-order valence-corrected chi connectivity index (χ4v) is 8.72. The van der Waals surface area contributed by atoms with E-state index in [-0.39, 0.29) is 39.9 Å². The second-order valence-electron chi connectivity index (χ2n) is 15.2. The minimum atomic E-state index is -0.408. The first-order chi connectivity index (χ1) is 22.9. The maximum absolute atomic E-state index is 12.4. The molecule has 0 spiro atoms. The van der Waals surface area contributed by atoms with E-state index in [1.54, 1.807) is 17.7 Å². The summed E-state index contributed by atoms with van der Waals surface area (Å²) in [5.41, 5.74) is 5.24. The topological polar surface area (TPSA) is 111 Å². The molecule has 0 unspecified atom stereocenters. The van der Waals surface area contributed by atoms with Crippen LogP contribution in [-0.4, -0.2) is 26.5 Å². The molecule has 1 aromatic heterocycles. The molecule has 258 valence electrons. The van der Waals surface area contributed by atoms with Gasteiger partial charge in [0.15, 0.2) is 0 Å². The van der Waals surface area contributed by atoms with Crippen LogP contribution in [0.2, 0.25) is 0 Å². The van der Waals surface area contributed by atoms with Crippen molar-refractivity contribution in [3.8, 4) is 28.4 Å². The third-order valence-electron chi connectivity index (χ3n) is 11.4. The SMILES string of the molecule is C=C1CC[C@H](O)C/C1=C/C=C1\CCC[C@]2(C)[C@@H]([C@H](C)CCCC(C)C)CC[C@@H]12.O=c1c(-c2ccc(O)cc2)coc2cc(O)cc(O)c12. The molecule has 4 N–H and O–H groups in total. The van der Waals surface area contributed by atoms with E-state index in [1.165, 1.54) is 87.0 Å². The third-order valence-corrected chi connectivity index (χ3v) is 11.4. The van der Waals surface area contributed by atoms with Gasteiger partial charge in [0.05, 0.1) is 11.7 Å². The molecule has 48 heavy (non-hydrogen) atoms. The zero-order valence-corrected chi connectivity index (χ0v) is 29.2. The van der Waals surface area contributed by atoms with Gasteiger partial charge in [0.1, 0.15) is 34.5 Å². The van der Waals surface area contributed by atoms with E-state index in [0.717, 1.165) is 49.0 Å². The van der Waals surface area contributed by atoms with Gasteiger partial charge in [-0.25, -0.2) is 0 Å². The Labute approximate surface area is 285 Å². The average molecular weight is 655 g/mol. The molecule has 2 aromatic carbocycles. The fraction of sp³-hybridized carbons (Fsp3) is 0.500. The molecule has 0 amide bonds. The monoisotopic (exact) mass is 654 g/mol. The van der Waals surface area contributed by atoms with Gasteiger partial charge in [0.2, 0.25) is 5.43 Å². The molecule has 0 radical (unpaired) electrons. The van der Waals surface area contributed by atoms with E-state index in [4.69, 9.17) is 4.42 Å². The molecule has 6 rings (SSSR count). The first kappa shape index (κ1) is 35.5. The van der Waals surface area contributed by atoms with Crippen LogP contribution in [0.4, 0.5) is 0 Å². The number of benzene rings is 2.